The molecular formula is C26H19ClF6N2O2. The third kappa shape index (κ3) is 4.79. The smallest absolute Gasteiger partial charge is 0.374 e. The molecule has 2 aliphatic rings. The highest BCUT2D eigenvalue weighted by molar-refractivity contribution is 6.30. The number of halogens is 7. The summed E-state index contributed by atoms with van der Waals surface area (Å²) in [5, 5.41) is 4.06. The quantitative estimate of drug-likeness (QED) is 0.236. The maximum Gasteiger partial charge on any atom is 0.435 e. The van der Waals surface area contributed by atoms with Crippen LogP contribution in [0.2, 0.25) is 5.02 Å². The van der Waals surface area contributed by atoms with Crippen LogP contribution in [0, 0.1) is 5.92 Å². The van der Waals surface area contributed by atoms with Gasteiger partial charge in [0.15, 0.2) is 5.78 Å². The van der Waals surface area contributed by atoms with Gasteiger partial charge in [-0.15, -0.1) is 0 Å². The summed E-state index contributed by atoms with van der Waals surface area (Å²) in [5.41, 5.74) is -4.78. The standard InChI is InChI=1S/C26H19ClF6N2O2/c27-17-10-15(9-16(11-17)25(28,29)30)24(26(31,32)33)12-22(35-37-24)19-4-5-20(21-13-34-8-7-18(19)21)23(36)6-3-14-1-2-14/h4-5,7-11,13-14H,1-3,6,12H2. The van der Waals surface area contributed by atoms with Crippen LogP contribution >= 0.6 is 11.6 Å². The van der Waals surface area contributed by atoms with Crippen molar-refractivity contribution >= 4 is 33.9 Å². The zero-order valence-corrected chi connectivity index (χ0v) is 19.8. The molecule has 0 N–H and O–H groups in total. The Labute approximate surface area is 212 Å². The molecule has 2 heterocycles. The molecule has 0 saturated heterocycles. The number of Topliss-reactive ketones (excluding diaryl/α,β-unsaturated/α-hetero) is 1. The molecule has 11 heteroatoms. The molecule has 37 heavy (non-hydrogen) atoms. The van der Waals surface area contributed by atoms with Gasteiger partial charge in [0.2, 0.25) is 0 Å². The van der Waals surface area contributed by atoms with Crippen molar-refractivity contribution in [2.45, 2.75) is 50.1 Å². The summed E-state index contributed by atoms with van der Waals surface area (Å²) < 4.78 is 83.2. The number of rotatable bonds is 6. The lowest BCUT2D eigenvalue weighted by Crippen LogP contribution is -2.43. The number of hydrogen-bond donors (Lipinski definition) is 0. The molecule has 3 aromatic rings. The van der Waals surface area contributed by atoms with Crippen LogP contribution in [-0.4, -0.2) is 22.7 Å². The van der Waals surface area contributed by atoms with Crippen molar-refractivity contribution in [3.63, 3.8) is 0 Å². The highest BCUT2D eigenvalue weighted by Gasteiger charge is 2.62. The largest absolute Gasteiger partial charge is 0.435 e. The lowest BCUT2D eigenvalue weighted by Gasteiger charge is -2.30. The maximum absolute atomic E-state index is 14.4. The fraction of sp³-hybridized carbons (Fsp3) is 0.346. The Kier molecular flexibility index (Phi) is 6.21. The number of ketones is 1. The summed E-state index contributed by atoms with van der Waals surface area (Å²) in [7, 11) is 0. The van der Waals surface area contributed by atoms with E-state index in [1.54, 1.807) is 6.07 Å². The van der Waals surface area contributed by atoms with Crippen molar-refractivity contribution in [3.05, 3.63) is 76.1 Å². The lowest BCUT2D eigenvalue weighted by molar-refractivity contribution is -0.276. The molecule has 1 aliphatic heterocycles. The second kappa shape index (κ2) is 9.01. The van der Waals surface area contributed by atoms with E-state index in [-0.39, 0.29) is 17.1 Å². The van der Waals surface area contributed by atoms with Gasteiger partial charge in [0.05, 0.1) is 11.3 Å². The van der Waals surface area contributed by atoms with Gasteiger partial charge in [-0.2, -0.15) is 26.3 Å². The van der Waals surface area contributed by atoms with Crippen LogP contribution < -0.4 is 0 Å². The molecule has 0 radical (unpaired) electrons. The van der Waals surface area contributed by atoms with Crippen LogP contribution in [0.5, 0.6) is 0 Å². The molecule has 1 saturated carbocycles. The van der Waals surface area contributed by atoms with Crippen molar-refractivity contribution in [1.82, 2.24) is 4.98 Å². The predicted octanol–water partition coefficient (Wildman–Crippen LogP) is 7.86. The van der Waals surface area contributed by atoms with E-state index in [2.05, 4.69) is 10.1 Å². The maximum atomic E-state index is 14.4. The van der Waals surface area contributed by atoms with Crippen molar-refractivity contribution < 1.29 is 36.0 Å². The number of pyridine rings is 1. The molecule has 1 aliphatic carbocycles. The van der Waals surface area contributed by atoms with E-state index in [4.69, 9.17) is 16.4 Å². The first-order valence-corrected chi connectivity index (χ1v) is 11.9. The Morgan fingerprint density at radius 3 is 2.49 bits per heavy atom. The van der Waals surface area contributed by atoms with Gasteiger partial charge in [-0.1, -0.05) is 41.7 Å². The molecule has 1 unspecified atom stereocenters. The van der Waals surface area contributed by atoms with Crippen molar-refractivity contribution in [2.75, 3.05) is 0 Å². The van der Waals surface area contributed by atoms with E-state index in [1.807, 2.05) is 0 Å². The second-order valence-corrected chi connectivity index (χ2v) is 9.78. The second-order valence-electron chi connectivity index (χ2n) is 9.34. The van der Waals surface area contributed by atoms with Gasteiger partial charge in [0.1, 0.15) is 0 Å². The number of hydrogen-bond acceptors (Lipinski definition) is 4. The summed E-state index contributed by atoms with van der Waals surface area (Å²) in [4.78, 5) is 21.9. The molecule has 1 aromatic heterocycles. The number of fused-ring (bicyclic) bond motifs is 1. The third-order valence-corrected chi connectivity index (χ3v) is 7.00. The van der Waals surface area contributed by atoms with Gasteiger partial charge in [-0.05, 0) is 42.0 Å². The Morgan fingerprint density at radius 2 is 1.81 bits per heavy atom. The molecule has 1 fully saturated rings. The van der Waals surface area contributed by atoms with E-state index in [0.717, 1.165) is 25.3 Å². The fourth-order valence-electron chi connectivity index (χ4n) is 4.60. The van der Waals surface area contributed by atoms with Crippen molar-refractivity contribution in [2.24, 2.45) is 11.1 Å². The summed E-state index contributed by atoms with van der Waals surface area (Å²) in [5.74, 6) is 0.460. The first-order chi connectivity index (χ1) is 17.4. The number of carbonyl (C=O) groups excluding carboxylic acids is 1. The number of alkyl halides is 6. The molecular weight excluding hydrogens is 522 g/mol. The summed E-state index contributed by atoms with van der Waals surface area (Å²) in [6.45, 7) is 0. The van der Waals surface area contributed by atoms with Crippen LogP contribution in [0.3, 0.4) is 0 Å². The zero-order valence-electron chi connectivity index (χ0n) is 19.1. The van der Waals surface area contributed by atoms with E-state index < -0.39 is 40.5 Å². The Balaban J connectivity index is 1.54. The van der Waals surface area contributed by atoms with Gasteiger partial charge >= 0.3 is 12.4 Å². The van der Waals surface area contributed by atoms with Gasteiger partial charge < -0.3 is 4.84 Å². The molecule has 0 amide bonds. The summed E-state index contributed by atoms with van der Waals surface area (Å²) in [6.07, 6.45) is -4.70. The Bertz CT molecular complexity index is 1410. The van der Waals surface area contributed by atoms with E-state index in [1.165, 1.54) is 24.5 Å². The highest BCUT2D eigenvalue weighted by atomic mass is 35.5. The van der Waals surface area contributed by atoms with Gasteiger partial charge in [-0.3, -0.25) is 9.78 Å². The SMILES string of the molecule is O=C(CCC1CC1)c1ccc(C2=NOC(c3cc(Cl)cc(C(F)(F)F)c3)(C(F)(F)F)C2)c2ccncc12. The summed E-state index contributed by atoms with van der Waals surface area (Å²) in [6, 6.07) is 6.28. The van der Waals surface area contributed by atoms with Crippen molar-refractivity contribution in [1.29, 1.82) is 0 Å². The molecule has 1 atom stereocenters. The van der Waals surface area contributed by atoms with Crippen LogP contribution in [0.15, 0.2) is 53.9 Å². The highest BCUT2D eigenvalue weighted by Crippen LogP contribution is 2.50. The van der Waals surface area contributed by atoms with Crippen molar-refractivity contribution in [3.8, 4) is 0 Å². The average Bonchev–Trinajstić information content (AvgIpc) is 3.55. The number of aromatic nitrogens is 1. The monoisotopic (exact) mass is 540 g/mol. The third-order valence-electron chi connectivity index (χ3n) is 6.78. The van der Waals surface area contributed by atoms with Crippen LogP contribution in [0.4, 0.5) is 26.3 Å². The Morgan fingerprint density at radius 1 is 1.05 bits per heavy atom. The Hall–Kier alpha value is -3.14. The fourth-order valence-corrected chi connectivity index (χ4v) is 4.83. The lowest BCUT2D eigenvalue weighted by atomic mass is 9.84. The topological polar surface area (TPSA) is 51.5 Å². The first-order valence-electron chi connectivity index (χ1n) is 11.5. The molecule has 4 nitrogen and oxygen atoms in total. The predicted molar refractivity (Wildman–Crippen MR) is 124 cm³/mol. The molecule has 0 bridgehead atoms. The number of benzene rings is 2. The minimum Gasteiger partial charge on any atom is -0.374 e. The molecule has 0 spiro atoms. The van der Waals surface area contributed by atoms with Gasteiger partial charge in [0.25, 0.3) is 5.60 Å². The van der Waals surface area contributed by atoms with Crippen LogP contribution in [0.1, 0.15) is 59.2 Å². The average molecular weight is 541 g/mol. The van der Waals surface area contributed by atoms with E-state index in [9.17, 15) is 31.1 Å². The minimum atomic E-state index is -5.12. The van der Waals surface area contributed by atoms with Gasteiger partial charge in [0, 0.05) is 52.3 Å². The van der Waals surface area contributed by atoms with Crippen LogP contribution in [-0.2, 0) is 16.6 Å². The first kappa shape index (κ1) is 25.5. The summed E-state index contributed by atoms with van der Waals surface area (Å²) >= 11 is 5.77. The normalized spacial score (nSPS) is 20.1. The molecule has 194 valence electrons. The van der Waals surface area contributed by atoms with Gasteiger partial charge in [-0.25, -0.2) is 0 Å². The number of nitrogens with zero attached hydrogens (tertiary/aromatic N) is 2. The molecule has 2 aromatic carbocycles. The number of carbonyl (C=O) groups is 1. The van der Waals surface area contributed by atoms with E-state index >= 15 is 0 Å². The van der Waals surface area contributed by atoms with E-state index in [0.29, 0.717) is 40.8 Å². The van der Waals surface area contributed by atoms with Crippen LogP contribution in [0.25, 0.3) is 10.8 Å². The molecule has 5 rings (SSSR count). The zero-order chi connectivity index (χ0) is 26.6. The minimum absolute atomic E-state index is 0.0932. The number of oxime groups is 1.